The maximum atomic E-state index is 11.5. The van der Waals surface area contributed by atoms with Crippen molar-refractivity contribution in [3.8, 4) is 0 Å². The zero-order chi connectivity index (χ0) is 9.10. The Bertz CT molecular complexity index is 278. The second-order valence-electron chi connectivity index (χ2n) is 3.04. The maximum Gasteiger partial charge on any atom is 0.321 e. The number of amides is 2. The SMILES string of the molecule is O=C(Nc1cnoc1)N1CCCC1. The topological polar surface area (TPSA) is 58.4 Å². The molecule has 1 aliphatic heterocycles. The van der Waals surface area contributed by atoms with E-state index in [4.69, 9.17) is 0 Å². The lowest BCUT2D eigenvalue weighted by Crippen LogP contribution is -2.31. The number of likely N-dealkylation sites (tertiary alicyclic amines) is 1. The van der Waals surface area contributed by atoms with Crippen molar-refractivity contribution in [3.63, 3.8) is 0 Å². The Labute approximate surface area is 75.7 Å². The highest BCUT2D eigenvalue weighted by Gasteiger charge is 2.17. The molecule has 70 valence electrons. The van der Waals surface area contributed by atoms with Crippen LogP contribution >= 0.6 is 0 Å². The largest absolute Gasteiger partial charge is 0.363 e. The van der Waals surface area contributed by atoms with Gasteiger partial charge in [0.2, 0.25) is 0 Å². The summed E-state index contributed by atoms with van der Waals surface area (Å²) in [6.07, 6.45) is 5.08. The molecule has 0 atom stereocenters. The van der Waals surface area contributed by atoms with E-state index in [2.05, 4.69) is 15.0 Å². The summed E-state index contributed by atoms with van der Waals surface area (Å²) in [4.78, 5) is 13.2. The molecule has 2 heterocycles. The zero-order valence-corrected chi connectivity index (χ0v) is 7.19. The van der Waals surface area contributed by atoms with Gasteiger partial charge in [0.15, 0.2) is 0 Å². The summed E-state index contributed by atoms with van der Waals surface area (Å²) in [5.41, 5.74) is 0.608. The van der Waals surface area contributed by atoms with Crippen LogP contribution < -0.4 is 5.32 Å². The van der Waals surface area contributed by atoms with E-state index in [0.717, 1.165) is 25.9 Å². The minimum absolute atomic E-state index is 0.0688. The van der Waals surface area contributed by atoms with Crippen molar-refractivity contribution in [2.24, 2.45) is 0 Å². The molecule has 1 aliphatic rings. The van der Waals surface area contributed by atoms with Gasteiger partial charge < -0.3 is 14.7 Å². The lowest BCUT2D eigenvalue weighted by Gasteiger charge is -2.14. The summed E-state index contributed by atoms with van der Waals surface area (Å²) in [5, 5.41) is 6.19. The van der Waals surface area contributed by atoms with Gasteiger partial charge in [0, 0.05) is 13.1 Å². The van der Waals surface area contributed by atoms with E-state index in [0.29, 0.717) is 5.69 Å². The molecule has 0 aromatic carbocycles. The van der Waals surface area contributed by atoms with Gasteiger partial charge >= 0.3 is 6.03 Å². The quantitative estimate of drug-likeness (QED) is 0.710. The van der Waals surface area contributed by atoms with Crippen LogP contribution in [0.15, 0.2) is 17.0 Å². The summed E-state index contributed by atoms with van der Waals surface area (Å²) < 4.78 is 4.59. The first-order valence-corrected chi connectivity index (χ1v) is 4.31. The highest BCUT2D eigenvalue weighted by atomic mass is 16.5. The molecule has 0 radical (unpaired) electrons. The molecule has 1 aromatic rings. The van der Waals surface area contributed by atoms with Crippen LogP contribution in [0.25, 0.3) is 0 Å². The van der Waals surface area contributed by atoms with Gasteiger partial charge in [0.05, 0.1) is 6.20 Å². The normalized spacial score (nSPS) is 16.2. The number of hydrogen-bond donors (Lipinski definition) is 1. The molecular formula is C8H11N3O2. The molecule has 0 unspecified atom stereocenters. The van der Waals surface area contributed by atoms with Gasteiger partial charge in [-0.2, -0.15) is 0 Å². The van der Waals surface area contributed by atoms with Crippen LogP contribution in [-0.2, 0) is 0 Å². The average Bonchev–Trinajstić information content (AvgIpc) is 2.74. The Morgan fingerprint density at radius 2 is 2.31 bits per heavy atom. The molecular weight excluding hydrogens is 170 g/mol. The van der Waals surface area contributed by atoms with Crippen molar-refractivity contribution >= 4 is 11.7 Å². The third-order valence-electron chi connectivity index (χ3n) is 2.08. The fourth-order valence-electron chi connectivity index (χ4n) is 1.39. The molecule has 13 heavy (non-hydrogen) atoms. The second kappa shape index (κ2) is 3.47. The average molecular weight is 181 g/mol. The second-order valence-corrected chi connectivity index (χ2v) is 3.04. The number of carbonyl (C=O) groups is 1. The smallest absolute Gasteiger partial charge is 0.321 e. The van der Waals surface area contributed by atoms with Crippen molar-refractivity contribution < 1.29 is 9.32 Å². The van der Waals surface area contributed by atoms with Crippen molar-refractivity contribution in [2.75, 3.05) is 18.4 Å². The Hall–Kier alpha value is -1.52. The van der Waals surface area contributed by atoms with Gasteiger partial charge in [-0.05, 0) is 12.8 Å². The summed E-state index contributed by atoms with van der Waals surface area (Å²) in [5.74, 6) is 0. The number of carbonyl (C=O) groups excluding carboxylic acids is 1. The van der Waals surface area contributed by atoms with E-state index in [9.17, 15) is 4.79 Å². The van der Waals surface area contributed by atoms with E-state index in [-0.39, 0.29) is 6.03 Å². The number of nitrogens with one attached hydrogen (secondary N) is 1. The number of urea groups is 1. The van der Waals surface area contributed by atoms with Gasteiger partial charge in [-0.25, -0.2) is 4.79 Å². The summed E-state index contributed by atoms with van der Waals surface area (Å²) in [6, 6.07) is -0.0688. The van der Waals surface area contributed by atoms with E-state index >= 15 is 0 Å². The molecule has 2 rings (SSSR count). The number of nitrogens with zero attached hydrogens (tertiary/aromatic N) is 2. The molecule has 5 nitrogen and oxygen atoms in total. The summed E-state index contributed by atoms with van der Waals surface area (Å²) in [6.45, 7) is 1.69. The third kappa shape index (κ3) is 1.80. The number of aromatic nitrogens is 1. The first kappa shape index (κ1) is 8.10. The first-order chi connectivity index (χ1) is 6.36. The standard InChI is InChI=1S/C8H11N3O2/c12-8(11-3-1-2-4-11)10-7-5-9-13-6-7/h5-6H,1-4H2,(H,10,12). The van der Waals surface area contributed by atoms with Crippen molar-refractivity contribution in [1.82, 2.24) is 10.1 Å². The number of rotatable bonds is 1. The fraction of sp³-hybridized carbons (Fsp3) is 0.500. The van der Waals surface area contributed by atoms with Crippen LogP contribution in [0, 0.1) is 0 Å². The molecule has 0 spiro atoms. The van der Waals surface area contributed by atoms with Gasteiger partial charge in [-0.15, -0.1) is 0 Å². The first-order valence-electron chi connectivity index (χ1n) is 4.31. The highest BCUT2D eigenvalue weighted by Crippen LogP contribution is 2.10. The molecule has 1 fully saturated rings. The highest BCUT2D eigenvalue weighted by molar-refractivity contribution is 5.88. The minimum atomic E-state index is -0.0688. The molecule has 2 amide bonds. The molecule has 1 aromatic heterocycles. The van der Waals surface area contributed by atoms with E-state index in [1.165, 1.54) is 12.5 Å². The van der Waals surface area contributed by atoms with Crippen molar-refractivity contribution in [1.29, 1.82) is 0 Å². The summed E-state index contributed by atoms with van der Waals surface area (Å²) in [7, 11) is 0. The predicted octanol–water partition coefficient (Wildman–Crippen LogP) is 1.30. The van der Waals surface area contributed by atoms with Gasteiger partial charge in [0.1, 0.15) is 12.0 Å². The maximum absolute atomic E-state index is 11.5. The van der Waals surface area contributed by atoms with Gasteiger partial charge in [0.25, 0.3) is 0 Å². The van der Waals surface area contributed by atoms with E-state index < -0.39 is 0 Å². The Kier molecular flexibility index (Phi) is 2.16. The Morgan fingerprint density at radius 3 is 2.92 bits per heavy atom. The van der Waals surface area contributed by atoms with Crippen LogP contribution in [0.1, 0.15) is 12.8 Å². The molecule has 1 saturated heterocycles. The molecule has 5 heteroatoms. The predicted molar refractivity (Wildman–Crippen MR) is 46.3 cm³/mol. The monoisotopic (exact) mass is 181 g/mol. The molecule has 1 N–H and O–H groups in total. The molecule has 0 aliphatic carbocycles. The van der Waals surface area contributed by atoms with E-state index in [1.54, 1.807) is 4.90 Å². The van der Waals surface area contributed by atoms with Gasteiger partial charge in [-0.3, -0.25) is 0 Å². The Morgan fingerprint density at radius 1 is 1.54 bits per heavy atom. The van der Waals surface area contributed by atoms with E-state index in [1.807, 2.05) is 0 Å². The van der Waals surface area contributed by atoms with Crippen LogP contribution in [0.5, 0.6) is 0 Å². The Balaban J connectivity index is 1.91. The molecule has 0 bridgehead atoms. The zero-order valence-electron chi connectivity index (χ0n) is 7.19. The van der Waals surface area contributed by atoms with Crippen LogP contribution in [0.3, 0.4) is 0 Å². The molecule has 0 saturated carbocycles. The van der Waals surface area contributed by atoms with Crippen molar-refractivity contribution in [2.45, 2.75) is 12.8 Å². The van der Waals surface area contributed by atoms with Crippen LogP contribution in [0.4, 0.5) is 10.5 Å². The van der Waals surface area contributed by atoms with Crippen LogP contribution in [-0.4, -0.2) is 29.2 Å². The third-order valence-corrected chi connectivity index (χ3v) is 2.08. The summed E-state index contributed by atoms with van der Waals surface area (Å²) >= 11 is 0. The van der Waals surface area contributed by atoms with Crippen LogP contribution in [0.2, 0.25) is 0 Å². The lowest BCUT2D eigenvalue weighted by atomic mass is 10.4. The lowest BCUT2D eigenvalue weighted by molar-refractivity contribution is 0.222. The number of hydrogen-bond acceptors (Lipinski definition) is 3. The number of anilines is 1. The fourth-order valence-corrected chi connectivity index (χ4v) is 1.39. The van der Waals surface area contributed by atoms with Crippen molar-refractivity contribution in [3.05, 3.63) is 12.5 Å². The minimum Gasteiger partial charge on any atom is -0.363 e. The van der Waals surface area contributed by atoms with Gasteiger partial charge in [-0.1, -0.05) is 5.16 Å².